The van der Waals surface area contributed by atoms with Crippen LogP contribution < -0.4 is 0 Å². The molecule has 4 heterocycles. The van der Waals surface area contributed by atoms with Gasteiger partial charge in [0.15, 0.2) is 0 Å². The Morgan fingerprint density at radius 1 is 1.19 bits per heavy atom. The van der Waals surface area contributed by atoms with Gasteiger partial charge in [-0.2, -0.15) is 15.0 Å². The predicted octanol–water partition coefficient (Wildman–Crippen LogP) is 1.10. The zero-order chi connectivity index (χ0) is 17.5. The Labute approximate surface area is 148 Å². The minimum absolute atomic E-state index is 0.0125. The third-order valence-corrected chi connectivity index (χ3v) is 4.61. The lowest BCUT2D eigenvalue weighted by Crippen LogP contribution is -2.51. The van der Waals surface area contributed by atoms with Crippen LogP contribution >= 0.6 is 0 Å². The first-order valence-electron chi connectivity index (χ1n) is 8.38. The number of fused-ring (bicyclic) bond motifs is 1. The molecule has 0 aliphatic carbocycles. The van der Waals surface area contributed by atoms with Crippen molar-refractivity contribution in [1.82, 2.24) is 39.9 Å². The van der Waals surface area contributed by atoms with Crippen molar-refractivity contribution >= 4 is 16.8 Å². The molecule has 1 saturated heterocycles. The van der Waals surface area contributed by atoms with Crippen LogP contribution in [0.15, 0.2) is 48.9 Å². The number of rotatable bonds is 4. The summed E-state index contributed by atoms with van der Waals surface area (Å²) >= 11 is 0. The molecular weight excluding hydrogens is 332 g/mol. The quantitative estimate of drug-likeness (QED) is 0.595. The second-order valence-corrected chi connectivity index (χ2v) is 6.38. The number of amides is 1. The second-order valence-electron chi connectivity index (χ2n) is 6.38. The number of carbonyl (C=O) groups is 1. The van der Waals surface area contributed by atoms with Gasteiger partial charge in [-0.15, -0.1) is 5.10 Å². The molecule has 1 N–H and O–H groups in total. The van der Waals surface area contributed by atoms with E-state index in [4.69, 9.17) is 0 Å². The van der Waals surface area contributed by atoms with Gasteiger partial charge in [0.2, 0.25) is 0 Å². The molecule has 9 nitrogen and oxygen atoms in total. The summed E-state index contributed by atoms with van der Waals surface area (Å²) < 4.78 is 1.81. The first-order valence-corrected chi connectivity index (χ1v) is 8.38. The molecule has 1 aliphatic heterocycles. The molecule has 0 unspecified atom stereocenters. The summed E-state index contributed by atoms with van der Waals surface area (Å²) in [5, 5.41) is 17.5. The van der Waals surface area contributed by atoms with Crippen molar-refractivity contribution in [2.24, 2.45) is 0 Å². The van der Waals surface area contributed by atoms with Gasteiger partial charge in [0.05, 0.1) is 24.6 Å². The standard InChI is InChI=1S/C17H16N8O/c26-17(16-7-12-3-1-2-4-15(12)20-16)23-10-14(11-23)24-8-13(21-22-24)9-25-18-5-6-19-25/h1-8,14,20H,9-11H2. The maximum atomic E-state index is 12.6. The van der Waals surface area contributed by atoms with Crippen LogP contribution in [0.1, 0.15) is 22.2 Å². The molecule has 0 radical (unpaired) electrons. The van der Waals surface area contributed by atoms with Gasteiger partial charge in [0.25, 0.3) is 5.91 Å². The van der Waals surface area contributed by atoms with Crippen molar-refractivity contribution in [3.05, 3.63) is 60.3 Å². The number of benzene rings is 1. The SMILES string of the molecule is O=C(c1cc2ccccc2[nH]1)N1CC(n2cc(Cn3nccn3)nn2)C1. The molecule has 5 rings (SSSR count). The Morgan fingerprint density at radius 2 is 2.00 bits per heavy atom. The molecule has 1 aromatic carbocycles. The number of likely N-dealkylation sites (tertiary alicyclic amines) is 1. The van der Waals surface area contributed by atoms with Crippen molar-refractivity contribution in [3.63, 3.8) is 0 Å². The number of hydrogen-bond acceptors (Lipinski definition) is 5. The van der Waals surface area contributed by atoms with E-state index in [0.717, 1.165) is 16.6 Å². The number of nitrogens with zero attached hydrogens (tertiary/aromatic N) is 7. The minimum atomic E-state index is 0.0125. The monoisotopic (exact) mass is 348 g/mol. The molecule has 1 aliphatic rings. The Hall–Kier alpha value is -3.49. The van der Waals surface area contributed by atoms with Crippen molar-refractivity contribution < 1.29 is 4.79 Å². The van der Waals surface area contributed by atoms with E-state index in [-0.39, 0.29) is 11.9 Å². The number of aromatic nitrogens is 7. The first kappa shape index (κ1) is 14.8. The number of para-hydroxylation sites is 1. The van der Waals surface area contributed by atoms with E-state index < -0.39 is 0 Å². The zero-order valence-corrected chi connectivity index (χ0v) is 13.9. The van der Waals surface area contributed by atoms with Crippen LogP contribution in [-0.4, -0.2) is 58.9 Å². The summed E-state index contributed by atoms with van der Waals surface area (Å²) in [5.74, 6) is 0.0125. The lowest BCUT2D eigenvalue weighted by molar-refractivity contribution is 0.0493. The highest BCUT2D eigenvalue weighted by Crippen LogP contribution is 2.24. The smallest absolute Gasteiger partial charge is 0.270 e. The number of hydrogen-bond donors (Lipinski definition) is 1. The molecule has 0 bridgehead atoms. The van der Waals surface area contributed by atoms with Gasteiger partial charge in [0, 0.05) is 24.0 Å². The molecule has 1 fully saturated rings. The maximum absolute atomic E-state index is 12.6. The van der Waals surface area contributed by atoms with Gasteiger partial charge in [-0.05, 0) is 12.1 Å². The lowest BCUT2D eigenvalue weighted by atomic mass is 10.1. The predicted molar refractivity (Wildman–Crippen MR) is 92.4 cm³/mol. The molecule has 0 spiro atoms. The number of nitrogens with one attached hydrogen (secondary N) is 1. The fourth-order valence-corrected chi connectivity index (χ4v) is 3.18. The molecule has 0 saturated carbocycles. The van der Waals surface area contributed by atoms with E-state index >= 15 is 0 Å². The number of aromatic amines is 1. The van der Waals surface area contributed by atoms with Crippen LogP contribution in [0.4, 0.5) is 0 Å². The Morgan fingerprint density at radius 3 is 2.81 bits per heavy atom. The first-order chi connectivity index (χ1) is 12.8. The fourth-order valence-electron chi connectivity index (χ4n) is 3.18. The molecule has 9 heteroatoms. The van der Waals surface area contributed by atoms with E-state index in [0.29, 0.717) is 25.3 Å². The Balaban J connectivity index is 1.24. The van der Waals surface area contributed by atoms with Gasteiger partial charge in [-0.1, -0.05) is 23.4 Å². The number of carbonyl (C=O) groups excluding carboxylic acids is 1. The third-order valence-electron chi connectivity index (χ3n) is 4.61. The summed E-state index contributed by atoms with van der Waals surface area (Å²) in [4.78, 5) is 19.2. The van der Waals surface area contributed by atoms with Crippen LogP contribution in [0.2, 0.25) is 0 Å². The van der Waals surface area contributed by atoms with Crippen molar-refractivity contribution in [1.29, 1.82) is 0 Å². The normalized spacial score (nSPS) is 14.7. The highest BCUT2D eigenvalue weighted by atomic mass is 16.2. The van der Waals surface area contributed by atoms with E-state index in [1.165, 1.54) is 0 Å². The Kier molecular flexibility index (Phi) is 3.30. The second kappa shape index (κ2) is 5.80. The molecule has 4 aromatic rings. The highest BCUT2D eigenvalue weighted by molar-refractivity contribution is 5.98. The molecule has 26 heavy (non-hydrogen) atoms. The van der Waals surface area contributed by atoms with Gasteiger partial charge >= 0.3 is 0 Å². The maximum Gasteiger partial charge on any atom is 0.270 e. The van der Waals surface area contributed by atoms with Crippen LogP contribution in [0.25, 0.3) is 10.9 Å². The van der Waals surface area contributed by atoms with Crippen LogP contribution in [0.5, 0.6) is 0 Å². The molecule has 1 amide bonds. The van der Waals surface area contributed by atoms with Gasteiger partial charge in [0.1, 0.15) is 17.9 Å². The Bertz CT molecular complexity index is 1020. The van der Waals surface area contributed by atoms with Gasteiger partial charge in [-0.3, -0.25) is 4.79 Å². The average Bonchev–Trinajstić information content (AvgIpc) is 3.34. The summed E-state index contributed by atoms with van der Waals surface area (Å²) in [5.41, 5.74) is 2.39. The summed E-state index contributed by atoms with van der Waals surface area (Å²) in [7, 11) is 0. The third kappa shape index (κ3) is 2.53. The largest absolute Gasteiger partial charge is 0.351 e. The van der Waals surface area contributed by atoms with E-state index in [1.54, 1.807) is 17.2 Å². The molecule has 0 atom stereocenters. The fraction of sp³-hybridized carbons (Fsp3) is 0.235. The number of H-pyrrole nitrogens is 1. The van der Waals surface area contributed by atoms with Crippen LogP contribution in [0, 0.1) is 0 Å². The molecular formula is C17H16N8O. The molecule has 3 aromatic heterocycles. The van der Waals surface area contributed by atoms with E-state index in [2.05, 4.69) is 25.5 Å². The van der Waals surface area contributed by atoms with Crippen molar-refractivity contribution in [2.75, 3.05) is 13.1 Å². The zero-order valence-electron chi connectivity index (χ0n) is 13.9. The average molecular weight is 348 g/mol. The topological polar surface area (TPSA) is 97.5 Å². The lowest BCUT2D eigenvalue weighted by Gasteiger charge is -2.38. The highest BCUT2D eigenvalue weighted by Gasteiger charge is 2.33. The molecule has 130 valence electrons. The van der Waals surface area contributed by atoms with Crippen LogP contribution in [0.3, 0.4) is 0 Å². The summed E-state index contributed by atoms with van der Waals surface area (Å²) in [6.07, 6.45) is 5.15. The summed E-state index contributed by atoms with van der Waals surface area (Å²) in [6.45, 7) is 1.73. The van der Waals surface area contributed by atoms with E-state index in [9.17, 15) is 4.79 Å². The van der Waals surface area contributed by atoms with Crippen LogP contribution in [-0.2, 0) is 6.54 Å². The van der Waals surface area contributed by atoms with Gasteiger partial charge in [-0.25, -0.2) is 4.68 Å². The van der Waals surface area contributed by atoms with Crippen molar-refractivity contribution in [3.8, 4) is 0 Å². The van der Waals surface area contributed by atoms with Crippen molar-refractivity contribution in [2.45, 2.75) is 12.6 Å². The van der Waals surface area contributed by atoms with E-state index in [1.807, 2.05) is 46.1 Å². The summed E-state index contributed by atoms with van der Waals surface area (Å²) in [6, 6.07) is 9.92. The minimum Gasteiger partial charge on any atom is -0.351 e. The van der Waals surface area contributed by atoms with Gasteiger partial charge < -0.3 is 9.88 Å².